The number of hydrogen-bond acceptors (Lipinski definition) is 3. The fraction of sp³-hybridized carbons (Fsp3) is 0.200. The molecule has 0 saturated carbocycles. The topological polar surface area (TPSA) is 60.7 Å². The zero-order valence-corrected chi connectivity index (χ0v) is 7.57. The third-order valence-electron chi connectivity index (χ3n) is 1.55. The molecule has 0 amide bonds. The van der Waals surface area contributed by atoms with E-state index in [1.54, 1.807) is 6.08 Å². The normalized spacial score (nSPS) is 9.69. The van der Waals surface area contributed by atoms with Crippen molar-refractivity contribution in [3.8, 4) is 17.2 Å². The van der Waals surface area contributed by atoms with E-state index in [4.69, 9.17) is 5.11 Å². The summed E-state index contributed by atoms with van der Waals surface area (Å²) in [4.78, 5) is 0. The highest BCUT2D eigenvalue weighted by molar-refractivity contribution is 5.66. The van der Waals surface area contributed by atoms with E-state index < -0.39 is 0 Å². The first kappa shape index (κ1) is 9.45. The maximum absolute atomic E-state index is 9.36. The second-order valence-corrected chi connectivity index (χ2v) is 3.12. The Balaban J connectivity index is 3.29. The highest BCUT2D eigenvalue weighted by Crippen LogP contribution is 2.33. The van der Waals surface area contributed by atoms with E-state index in [1.165, 1.54) is 12.1 Å². The molecular weight excluding hydrogens is 168 g/mol. The van der Waals surface area contributed by atoms with E-state index >= 15 is 0 Å². The minimum Gasteiger partial charge on any atom is -0.508 e. The fourth-order valence-corrected chi connectivity index (χ4v) is 1.05. The zero-order valence-electron chi connectivity index (χ0n) is 7.57. The van der Waals surface area contributed by atoms with Crippen molar-refractivity contribution in [1.82, 2.24) is 0 Å². The van der Waals surface area contributed by atoms with Gasteiger partial charge in [-0.05, 0) is 19.9 Å². The highest BCUT2D eigenvalue weighted by Gasteiger charge is 2.06. The molecule has 0 saturated heterocycles. The van der Waals surface area contributed by atoms with Crippen molar-refractivity contribution >= 4 is 6.08 Å². The number of rotatable bonds is 1. The molecule has 1 rings (SSSR count). The first-order chi connectivity index (χ1) is 6.00. The standard InChI is InChI=1S/C10H12O3/c1-6(2)3-8-9(12)4-7(11)5-10(8)13/h3-5,11-13H,1-2H3. The van der Waals surface area contributed by atoms with E-state index in [9.17, 15) is 10.2 Å². The Hall–Kier alpha value is -1.64. The van der Waals surface area contributed by atoms with Gasteiger partial charge in [0.25, 0.3) is 0 Å². The van der Waals surface area contributed by atoms with Crippen molar-refractivity contribution in [1.29, 1.82) is 0 Å². The third-order valence-corrected chi connectivity index (χ3v) is 1.55. The summed E-state index contributed by atoms with van der Waals surface area (Å²) in [7, 11) is 0. The Labute approximate surface area is 76.6 Å². The van der Waals surface area contributed by atoms with Gasteiger partial charge in [0.05, 0.1) is 5.56 Å². The van der Waals surface area contributed by atoms with Crippen molar-refractivity contribution in [2.24, 2.45) is 0 Å². The van der Waals surface area contributed by atoms with Gasteiger partial charge in [0, 0.05) is 12.1 Å². The van der Waals surface area contributed by atoms with Crippen LogP contribution in [0.5, 0.6) is 17.2 Å². The molecule has 13 heavy (non-hydrogen) atoms. The number of allylic oxidation sites excluding steroid dienone is 1. The lowest BCUT2D eigenvalue weighted by atomic mass is 10.1. The Morgan fingerprint density at radius 1 is 1.08 bits per heavy atom. The molecule has 1 aromatic carbocycles. The molecule has 0 aromatic heterocycles. The fourth-order valence-electron chi connectivity index (χ4n) is 1.05. The van der Waals surface area contributed by atoms with E-state index in [-0.39, 0.29) is 17.2 Å². The van der Waals surface area contributed by atoms with Crippen LogP contribution < -0.4 is 0 Å². The summed E-state index contributed by atoms with van der Waals surface area (Å²) < 4.78 is 0. The van der Waals surface area contributed by atoms with Crippen LogP contribution in [-0.4, -0.2) is 15.3 Å². The maximum atomic E-state index is 9.36. The van der Waals surface area contributed by atoms with Crippen LogP contribution in [0.4, 0.5) is 0 Å². The molecule has 0 atom stereocenters. The van der Waals surface area contributed by atoms with Crippen molar-refractivity contribution in [3.63, 3.8) is 0 Å². The molecule has 0 radical (unpaired) electrons. The molecule has 70 valence electrons. The number of phenolic OH excluding ortho intramolecular Hbond substituents is 3. The van der Waals surface area contributed by atoms with Gasteiger partial charge in [-0.15, -0.1) is 0 Å². The zero-order chi connectivity index (χ0) is 10.0. The number of aromatic hydroxyl groups is 3. The summed E-state index contributed by atoms with van der Waals surface area (Å²) in [5.74, 6) is -0.404. The lowest BCUT2D eigenvalue weighted by Crippen LogP contribution is -1.78. The van der Waals surface area contributed by atoms with Crippen molar-refractivity contribution in [3.05, 3.63) is 23.3 Å². The second-order valence-electron chi connectivity index (χ2n) is 3.12. The molecular formula is C10H12O3. The van der Waals surface area contributed by atoms with E-state index in [1.807, 2.05) is 13.8 Å². The minimum atomic E-state index is -0.152. The molecule has 0 aliphatic carbocycles. The summed E-state index contributed by atoms with van der Waals surface area (Å²) in [5, 5.41) is 27.7. The summed E-state index contributed by atoms with van der Waals surface area (Å²) >= 11 is 0. The molecule has 0 aliphatic heterocycles. The molecule has 3 nitrogen and oxygen atoms in total. The van der Waals surface area contributed by atoms with Crippen LogP contribution in [0.1, 0.15) is 19.4 Å². The monoisotopic (exact) mass is 180 g/mol. The van der Waals surface area contributed by atoms with Crippen molar-refractivity contribution < 1.29 is 15.3 Å². The largest absolute Gasteiger partial charge is 0.508 e. The molecule has 3 heteroatoms. The van der Waals surface area contributed by atoms with Gasteiger partial charge in [-0.2, -0.15) is 0 Å². The molecule has 0 aliphatic rings. The average molecular weight is 180 g/mol. The van der Waals surface area contributed by atoms with Gasteiger partial charge in [0.15, 0.2) is 0 Å². The van der Waals surface area contributed by atoms with Crippen LogP contribution >= 0.6 is 0 Å². The predicted molar refractivity (Wildman–Crippen MR) is 50.8 cm³/mol. The van der Waals surface area contributed by atoms with Crippen LogP contribution in [0.25, 0.3) is 6.08 Å². The van der Waals surface area contributed by atoms with Crippen LogP contribution in [-0.2, 0) is 0 Å². The van der Waals surface area contributed by atoms with Gasteiger partial charge in [-0.25, -0.2) is 0 Å². The second kappa shape index (κ2) is 3.39. The van der Waals surface area contributed by atoms with Gasteiger partial charge in [0.1, 0.15) is 17.2 Å². The first-order valence-corrected chi connectivity index (χ1v) is 3.90. The SMILES string of the molecule is CC(C)=Cc1c(O)cc(O)cc1O. The molecule has 3 N–H and O–H groups in total. The lowest BCUT2D eigenvalue weighted by molar-refractivity contribution is 0.426. The molecule has 0 spiro atoms. The van der Waals surface area contributed by atoms with Gasteiger partial charge >= 0.3 is 0 Å². The van der Waals surface area contributed by atoms with Crippen LogP contribution in [0.15, 0.2) is 17.7 Å². The van der Waals surface area contributed by atoms with Gasteiger partial charge < -0.3 is 15.3 Å². The first-order valence-electron chi connectivity index (χ1n) is 3.90. The predicted octanol–water partition coefficient (Wildman–Crippen LogP) is 2.23. The Morgan fingerprint density at radius 3 is 1.92 bits per heavy atom. The van der Waals surface area contributed by atoms with Crippen molar-refractivity contribution in [2.75, 3.05) is 0 Å². The summed E-state index contributed by atoms with van der Waals surface area (Å²) in [5.41, 5.74) is 1.29. The molecule has 0 heterocycles. The Bertz CT molecular complexity index is 326. The summed E-state index contributed by atoms with van der Waals surface area (Å²) in [6.07, 6.45) is 1.64. The van der Waals surface area contributed by atoms with E-state index in [2.05, 4.69) is 0 Å². The van der Waals surface area contributed by atoms with Crippen LogP contribution in [0.2, 0.25) is 0 Å². The minimum absolute atomic E-state index is 0.126. The smallest absolute Gasteiger partial charge is 0.130 e. The highest BCUT2D eigenvalue weighted by atomic mass is 16.3. The van der Waals surface area contributed by atoms with Gasteiger partial charge in [0.2, 0.25) is 0 Å². The number of hydrogen-bond donors (Lipinski definition) is 3. The maximum Gasteiger partial charge on any atom is 0.130 e. The third kappa shape index (κ3) is 2.15. The quantitative estimate of drug-likeness (QED) is 0.621. The van der Waals surface area contributed by atoms with Crippen LogP contribution in [0.3, 0.4) is 0 Å². The van der Waals surface area contributed by atoms with E-state index in [0.29, 0.717) is 5.56 Å². The Kier molecular flexibility index (Phi) is 2.46. The van der Waals surface area contributed by atoms with Crippen molar-refractivity contribution in [2.45, 2.75) is 13.8 Å². The number of benzene rings is 1. The van der Waals surface area contributed by atoms with Crippen LogP contribution in [0, 0.1) is 0 Å². The summed E-state index contributed by atoms with van der Waals surface area (Å²) in [6.45, 7) is 3.71. The molecule has 0 unspecified atom stereocenters. The molecule has 0 fully saturated rings. The lowest BCUT2D eigenvalue weighted by Gasteiger charge is -2.04. The molecule has 1 aromatic rings. The summed E-state index contributed by atoms with van der Waals surface area (Å²) in [6, 6.07) is 2.38. The Morgan fingerprint density at radius 2 is 1.54 bits per heavy atom. The van der Waals surface area contributed by atoms with Gasteiger partial charge in [-0.1, -0.05) is 5.57 Å². The van der Waals surface area contributed by atoms with Gasteiger partial charge in [-0.3, -0.25) is 0 Å². The molecule has 0 bridgehead atoms. The number of phenols is 3. The van der Waals surface area contributed by atoms with E-state index in [0.717, 1.165) is 5.57 Å². The average Bonchev–Trinajstić information content (AvgIpc) is 1.96.